The van der Waals surface area contributed by atoms with E-state index >= 15 is 0 Å². The van der Waals surface area contributed by atoms with E-state index in [0.29, 0.717) is 31.8 Å². The van der Waals surface area contributed by atoms with E-state index < -0.39 is 0 Å². The monoisotopic (exact) mass is 396 g/mol. The number of hydrogen-bond donors (Lipinski definition) is 3. The van der Waals surface area contributed by atoms with Crippen LogP contribution in [0.2, 0.25) is 0 Å². The van der Waals surface area contributed by atoms with Crippen LogP contribution in [0.4, 0.5) is 0 Å². The summed E-state index contributed by atoms with van der Waals surface area (Å²) in [6, 6.07) is 13.8. The van der Waals surface area contributed by atoms with E-state index in [1.165, 1.54) is 5.56 Å². The zero-order valence-corrected chi connectivity index (χ0v) is 17.8. The molecule has 0 bridgehead atoms. The minimum atomic E-state index is -0.0549. The number of guanidine groups is 1. The Morgan fingerprint density at radius 2 is 1.69 bits per heavy atom. The van der Waals surface area contributed by atoms with Gasteiger partial charge in [-0.05, 0) is 57.0 Å². The maximum absolute atomic E-state index is 11.9. The highest BCUT2D eigenvalue weighted by molar-refractivity contribution is 5.94. The van der Waals surface area contributed by atoms with Gasteiger partial charge in [-0.2, -0.15) is 0 Å². The molecule has 0 unspecified atom stereocenters. The smallest absolute Gasteiger partial charge is 0.251 e. The number of aryl methyl sites for hydroxylation is 1. The number of ether oxygens (including phenoxy) is 1. The molecule has 6 heteroatoms. The van der Waals surface area contributed by atoms with Gasteiger partial charge in [0.15, 0.2) is 5.96 Å². The molecule has 0 atom stereocenters. The van der Waals surface area contributed by atoms with Crippen LogP contribution in [-0.4, -0.2) is 31.6 Å². The number of aliphatic imine (C=N–C) groups is 1. The fourth-order valence-electron chi connectivity index (χ4n) is 2.81. The minimum Gasteiger partial charge on any atom is -0.494 e. The molecule has 1 amide bonds. The van der Waals surface area contributed by atoms with Gasteiger partial charge in [0.05, 0.1) is 13.2 Å². The lowest BCUT2D eigenvalue weighted by Crippen LogP contribution is -2.36. The lowest BCUT2D eigenvalue weighted by Gasteiger charge is -2.15. The molecule has 6 nitrogen and oxygen atoms in total. The highest BCUT2D eigenvalue weighted by Crippen LogP contribution is 2.20. The number of carbonyl (C=O) groups is 1. The van der Waals surface area contributed by atoms with Crippen LogP contribution in [0.15, 0.2) is 47.5 Å². The Hall–Kier alpha value is -3.02. The Morgan fingerprint density at radius 1 is 0.966 bits per heavy atom. The number of benzene rings is 2. The maximum Gasteiger partial charge on any atom is 0.251 e. The molecule has 0 aromatic heterocycles. The van der Waals surface area contributed by atoms with Crippen molar-refractivity contribution in [3.63, 3.8) is 0 Å². The van der Waals surface area contributed by atoms with E-state index in [0.717, 1.165) is 29.4 Å². The van der Waals surface area contributed by atoms with Gasteiger partial charge in [0, 0.05) is 30.8 Å². The summed E-state index contributed by atoms with van der Waals surface area (Å²) in [5.41, 5.74) is 3.97. The summed E-state index contributed by atoms with van der Waals surface area (Å²) < 4.78 is 5.75. The predicted molar refractivity (Wildman–Crippen MR) is 118 cm³/mol. The molecule has 2 rings (SSSR count). The van der Waals surface area contributed by atoms with Crippen molar-refractivity contribution in [1.29, 1.82) is 0 Å². The average molecular weight is 397 g/mol. The second kappa shape index (κ2) is 11.7. The second-order valence-electron chi connectivity index (χ2n) is 6.65. The number of hydrogen-bond acceptors (Lipinski definition) is 3. The van der Waals surface area contributed by atoms with Crippen molar-refractivity contribution in [3.05, 3.63) is 64.7 Å². The first-order valence-electron chi connectivity index (χ1n) is 10.2. The molecule has 0 aliphatic heterocycles. The van der Waals surface area contributed by atoms with Crippen LogP contribution in [0.3, 0.4) is 0 Å². The average Bonchev–Trinajstić information content (AvgIpc) is 2.72. The molecule has 0 saturated carbocycles. The van der Waals surface area contributed by atoms with Gasteiger partial charge in [-0.1, -0.05) is 24.3 Å². The molecule has 0 radical (unpaired) electrons. The fraction of sp³-hybridized carbons (Fsp3) is 0.391. The Labute approximate surface area is 173 Å². The summed E-state index contributed by atoms with van der Waals surface area (Å²) in [7, 11) is 0. The third-order valence-electron chi connectivity index (χ3n) is 4.29. The molecule has 0 aliphatic rings. The number of rotatable bonds is 9. The number of amides is 1. The molecule has 2 aromatic rings. The first-order valence-corrected chi connectivity index (χ1v) is 10.2. The van der Waals surface area contributed by atoms with E-state index in [-0.39, 0.29) is 5.91 Å². The second-order valence-corrected chi connectivity index (χ2v) is 6.65. The van der Waals surface area contributed by atoms with Gasteiger partial charge < -0.3 is 20.7 Å². The van der Waals surface area contributed by atoms with Crippen molar-refractivity contribution in [2.45, 2.75) is 40.8 Å². The zero-order valence-electron chi connectivity index (χ0n) is 17.8. The summed E-state index contributed by atoms with van der Waals surface area (Å²) in [5, 5.41) is 9.43. The number of carbonyl (C=O) groups excluding carboxylic acids is 1. The molecule has 2 aromatic carbocycles. The topological polar surface area (TPSA) is 74.8 Å². The number of nitrogens with one attached hydrogen (secondary N) is 3. The van der Waals surface area contributed by atoms with Gasteiger partial charge in [-0.25, -0.2) is 4.99 Å². The van der Waals surface area contributed by atoms with Crippen molar-refractivity contribution < 1.29 is 9.53 Å². The molecular weight excluding hydrogens is 364 g/mol. The maximum atomic E-state index is 11.9. The normalized spacial score (nSPS) is 11.1. The lowest BCUT2D eigenvalue weighted by atomic mass is 10.1. The molecule has 0 heterocycles. The van der Waals surface area contributed by atoms with Crippen LogP contribution in [0.1, 0.15) is 47.8 Å². The Bertz CT molecular complexity index is 816. The molecule has 29 heavy (non-hydrogen) atoms. The van der Waals surface area contributed by atoms with E-state index in [9.17, 15) is 4.79 Å². The standard InChI is InChI=1S/C23H32N4O2/c1-5-24-22(28)19-12-9-18(10-13-19)15-26-23(25-6-2)27-16-20-11-8-17(4)14-21(20)29-7-3/h8-14H,5-7,15-16H2,1-4H3,(H,24,28)(H2,25,26,27). The summed E-state index contributed by atoms with van der Waals surface area (Å²) in [6.45, 7) is 11.2. The van der Waals surface area contributed by atoms with Crippen molar-refractivity contribution in [1.82, 2.24) is 16.0 Å². The van der Waals surface area contributed by atoms with Gasteiger partial charge in [-0.15, -0.1) is 0 Å². The zero-order chi connectivity index (χ0) is 21.1. The quantitative estimate of drug-likeness (QED) is 0.449. The Morgan fingerprint density at radius 3 is 2.34 bits per heavy atom. The van der Waals surface area contributed by atoms with Crippen molar-refractivity contribution >= 4 is 11.9 Å². The summed E-state index contributed by atoms with van der Waals surface area (Å²) >= 11 is 0. The molecule has 3 N–H and O–H groups in total. The highest BCUT2D eigenvalue weighted by atomic mass is 16.5. The highest BCUT2D eigenvalue weighted by Gasteiger charge is 2.06. The Kier molecular flexibility index (Phi) is 9.02. The van der Waals surface area contributed by atoms with Crippen LogP contribution in [0.25, 0.3) is 0 Å². The van der Waals surface area contributed by atoms with Crippen LogP contribution < -0.4 is 20.7 Å². The minimum absolute atomic E-state index is 0.0549. The van der Waals surface area contributed by atoms with Gasteiger partial charge >= 0.3 is 0 Å². The first kappa shape index (κ1) is 22.3. The number of nitrogens with zero attached hydrogens (tertiary/aromatic N) is 1. The van der Waals surface area contributed by atoms with E-state index in [1.54, 1.807) is 0 Å². The van der Waals surface area contributed by atoms with Crippen molar-refractivity contribution in [2.24, 2.45) is 4.99 Å². The summed E-state index contributed by atoms with van der Waals surface area (Å²) in [5.74, 6) is 1.58. The predicted octanol–water partition coefficient (Wildman–Crippen LogP) is 3.40. The molecule has 0 fully saturated rings. The fourth-order valence-corrected chi connectivity index (χ4v) is 2.81. The van der Waals surface area contributed by atoms with E-state index in [2.05, 4.69) is 46.1 Å². The van der Waals surface area contributed by atoms with Crippen LogP contribution in [-0.2, 0) is 13.1 Å². The van der Waals surface area contributed by atoms with E-state index in [4.69, 9.17) is 4.74 Å². The van der Waals surface area contributed by atoms with Crippen molar-refractivity contribution in [2.75, 3.05) is 19.7 Å². The van der Waals surface area contributed by atoms with Crippen molar-refractivity contribution in [3.8, 4) is 5.75 Å². The largest absolute Gasteiger partial charge is 0.494 e. The SMILES string of the molecule is CCNC(=O)c1ccc(CN=C(NCC)NCc2ccc(C)cc2OCC)cc1. The van der Waals surface area contributed by atoms with Gasteiger partial charge in [0.2, 0.25) is 0 Å². The van der Waals surface area contributed by atoms with Crippen LogP contribution in [0.5, 0.6) is 5.75 Å². The molecule has 0 aliphatic carbocycles. The van der Waals surface area contributed by atoms with Crippen LogP contribution in [0, 0.1) is 6.92 Å². The van der Waals surface area contributed by atoms with Crippen LogP contribution >= 0.6 is 0 Å². The molecule has 0 spiro atoms. The summed E-state index contributed by atoms with van der Waals surface area (Å²) in [4.78, 5) is 16.5. The molecular formula is C23H32N4O2. The summed E-state index contributed by atoms with van der Waals surface area (Å²) in [6.07, 6.45) is 0. The third-order valence-corrected chi connectivity index (χ3v) is 4.29. The lowest BCUT2D eigenvalue weighted by molar-refractivity contribution is 0.0956. The Balaban J connectivity index is 2.02. The van der Waals surface area contributed by atoms with E-state index in [1.807, 2.05) is 45.0 Å². The van der Waals surface area contributed by atoms with Gasteiger partial charge in [0.25, 0.3) is 5.91 Å². The molecule has 156 valence electrons. The molecule has 0 saturated heterocycles. The van der Waals surface area contributed by atoms with Gasteiger partial charge in [-0.3, -0.25) is 4.79 Å². The van der Waals surface area contributed by atoms with Gasteiger partial charge in [0.1, 0.15) is 5.75 Å². The first-order chi connectivity index (χ1) is 14.1. The third kappa shape index (κ3) is 7.14.